The number of cyclic esters (lactones) is 1. The lowest BCUT2D eigenvalue weighted by Gasteiger charge is -2.25. The van der Waals surface area contributed by atoms with E-state index < -0.39 is 17.8 Å². The molecule has 1 heterocycles. The summed E-state index contributed by atoms with van der Waals surface area (Å²) in [5.74, 6) is -2.34. The highest BCUT2D eigenvalue weighted by atomic mass is 16.5. The fourth-order valence-electron chi connectivity index (χ4n) is 2.32. The molecule has 1 aliphatic carbocycles. The second-order valence-electron chi connectivity index (χ2n) is 3.98. The molecule has 1 N–H and O–H groups in total. The van der Waals surface area contributed by atoms with Crippen LogP contribution in [0, 0.1) is 17.8 Å². The number of rotatable bonds is 1. The highest BCUT2D eigenvalue weighted by molar-refractivity contribution is 5.83. The molecule has 0 aromatic carbocycles. The maximum absolute atomic E-state index is 11.3. The first-order valence-corrected chi connectivity index (χ1v) is 4.66. The first kappa shape index (κ1) is 9.24. The Morgan fingerprint density at radius 3 is 3.00 bits per heavy atom. The molecule has 0 saturated carbocycles. The third-order valence-electron chi connectivity index (χ3n) is 2.94. The molecule has 0 spiro atoms. The van der Waals surface area contributed by atoms with Crippen molar-refractivity contribution in [3.8, 4) is 0 Å². The molecular formula is C10H12O4. The Labute approximate surface area is 81.6 Å². The Kier molecular flexibility index (Phi) is 2.06. The van der Waals surface area contributed by atoms with Crippen LogP contribution in [0.5, 0.6) is 0 Å². The van der Waals surface area contributed by atoms with Gasteiger partial charge in [0.25, 0.3) is 0 Å². The number of esters is 1. The van der Waals surface area contributed by atoms with Gasteiger partial charge in [0.15, 0.2) is 0 Å². The van der Waals surface area contributed by atoms with Crippen LogP contribution in [-0.2, 0) is 14.3 Å². The Morgan fingerprint density at radius 1 is 1.64 bits per heavy atom. The molecule has 0 bridgehead atoms. The van der Waals surface area contributed by atoms with Crippen molar-refractivity contribution in [2.45, 2.75) is 13.3 Å². The van der Waals surface area contributed by atoms with Crippen LogP contribution >= 0.6 is 0 Å². The van der Waals surface area contributed by atoms with Gasteiger partial charge < -0.3 is 9.84 Å². The second-order valence-corrected chi connectivity index (χ2v) is 3.98. The van der Waals surface area contributed by atoms with Crippen LogP contribution in [0.2, 0.25) is 0 Å². The predicted molar refractivity (Wildman–Crippen MR) is 47.4 cm³/mol. The predicted octanol–water partition coefficient (Wildman–Crippen LogP) is 0.826. The highest BCUT2D eigenvalue weighted by Gasteiger charge is 2.46. The van der Waals surface area contributed by atoms with Gasteiger partial charge in [0, 0.05) is 5.92 Å². The molecule has 2 aliphatic rings. The number of hydrogen-bond donors (Lipinski definition) is 1. The molecule has 0 aromatic heterocycles. The van der Waals surface area contributed by atoms with E-state index in [-0.39, 0.29) is 11.9 Å². The van der Waals surface area contributed by atoms with E-state index in [9.17, 15) is 9.59 Å². The summed E-state index contributed by atoms with van der Waals surface area (Å²) in [6, 6.07) is 0. The molecule has 1 aliphatic heterocycles. The van der Waals surface area contributed by atoms with Gasteiger partial charge >= 0.3 is 11.9 Å². The van der Waals surface area contributed by atoms with Gasteiger partial charge in [-0.3, -0.25) is 9.59 Å². The molecule has 0 radical (unpaired) electrons. The summed E-state index contributed by atoms with van der Waals surface area (Å²) < 4.78 is 4.88. The van der Waals surface area contributed by atoms with Crippen molar-refractivity contribution < 1.29 is 19.4 Å². The van der Waals surface area contributed by atoms with Crippen LogP contribution in [0.15, 0.2) is 11.6 Å². The van der Waals surface area contributed by atoms with E-state index in [1.165, 1.54) is 0 Å². The molecule has 1 fully saturated rings. The Hall–Kier alpha value is -1.32. The standard InChI is InChI=1S/C10H12O4/c1-5-2-6-4-14-10(13)8(6)7(3-5)9(11)12/h2,6-8H,3-4H2,1H3,(H,11,12). The molecule has 76 valence electrons. The molecular weight excluding hydrogens is 184 g/mol. The van der Waals surface area contributed by atoms with Crippen molar-refractivity contribution in [1.29, 1.82) is 0 Å². The van der Waals surface area contributed by atoms with Gasteiger partial charge in [-0.15, -0.1) is 0 Å². The fourth-order valence-corrected chi connectivity index (χ4v) is 2.32. The van der Waals surface area contributed by atoms with Gasteiger partial charge in [0.2, 0.25) is 0 Å². The van der Waals surface area contributed by atoms with Gasteiger partial charge in [-0.2, -0.15) is 0 Å². The molecule has 3 atom stereocenters. The molecule has 1 saturated heterocycles. The van der Waals surface area contributed by atoms with Crippen molar-refractivity contribution in [2.75, 3.05) is 6.61 Å². The molecule has 4 nitrogen and oxygen atoms in total. The number of ether oxygens (including phenoxy) is 1. The topological polar surface area (TPSA) is 63.6 Å². The van der Waals surface area contributed by atoms with E-state index in [1.54, 1.807) is 0 Å². The zero-order valence-electron chi connectivity index (χ0n) is 7.90. The van der Waals surface area contributed by atoms with Crippen molar-refractivity contribution in [2.24, 2.45) is 17.8 Å². The van der Waals surface area contributed by atoms with E-state index in [0.29, 0.717) is 13.0 Å². The molecule has 2 rings (SSSR count). The first-order valence-electron chi connectivity index (χ1n) is 4.66. The SMILES string of the molecule is CC1=CC2COC(=O)C2C(C(=O)O)C1. The van der Waals surface area contributed by atoms with Crippen LogP contribution in [0.1, 0.15) is 13.3 Å². The summed E-state index contributed by atoms with van der Waals surface area (Å²) in [4.78, 5) is 22.3. The largest absolute Gasteiger partial charge is 0.481 e. The summed E-state index contributed by atoms with van der Waals surface area (Å²) in [6.45, 7) is 2.24. The first-order chi connectivity index (χ1) is 6.59. The van der Waals surface area contributed by atoms with Crippen LogP contribution < -0.4 is 0 Å². The third-order valence-corrected chi connectivity index (χ3v) is 2.94. The molecule has 3 unspecified atom stereocenters. The minimum atomic E-state index is -0.897. The van der Waals surface area contributed by atoms with Crippen LogP contribution in [-0.4, -0.2) is 23.7 Å². The smallest absolute Gasteiger partial charge is 0.310 e. The van der Waals surface area contributed by atoms with Crippen molar-refractivity contribution in [3.63, 3.8) is 0 Å². The van der Waals surface area contributed by atoms with E-state index in [1.807, 2.05) is 13.0 Å². The molecule has 4 heteroatoms. The number of carbonyl (C=O) groups is 2. The molecule has 0 aromatic rings. The van der Waals surface area contributed by atoms with Gasteiger partial charge in [-0.05, 0) is 13.3 Å². The maximum Gasteiger partial charge on any atom is 0.310 e. The van der Waals surface area contributed by atoms with Crippen LogP contribution in [0.4, 0.5) is 0 Å². The van der Waals surface area contributed by atoms with Crippen molar-refractivity contribution in [1.82, 2.24) is 0 Å². The zero-order valence-corrected chi connectivity index (χ0v) is 7.90. The van der Waals surface area contributed by atoms with E-state index in [0.717, 1.165) is 5.57 Å². The average molecular weight is 196 g/mol. The monoisotopic (exact) mass is 196 g/mol. The summed E-state index contributed by atoms with van der Waals surface area (Å²) >= 11 is 0. The number of fused-ring (bicyclic) bond motifs is 1. The third kappa shape index (κ3) is 1.31. The summed E-state index contributed by atoms with van der Waals surface area (Å²) in [5, 5.41) is 8.99. The van der Waals surface area contributed by atoms with E-state index >= 15 is 0 Å². The quantitative estimate of drug-likeness (QED) is 0.498. The molecule has 0 amide bonds. The fraction of sp³-hybridized carbons (Fsp3) is 0.600. The maximum atomic E-state index is 11.3. The van der Waals surface area contributed by atoms with E-state index in [2.05, 4.69) is 0 Å². The summed E-state index contributed by atoms with van der Waals surface area (Å²) in [7, 11) is 0. The number of carboxylic acid groups (broad SMARTS) is 1. The van der Waals surface area contributed by atoms with Crippen LogP contribution in [0.25, 0.3) is 0 Å². The lowest BCUT2D eigenvalue weighted by atomic mass is 9.75. The van der Waals surface area contributed by atoms with Gasteiger partial charge in [-0.1, -0.05) is 11.6 Å². The number of hydrogen-bond acceptors (Lipinski definition) is 3. The average Bonchev–Trinajstić information content (AvgIpc) is 2.46. The Morgan fingerprint density at radius 2 is 2.36 bits per heavy atom. The molecule has 14 heavy (non-hydrogen) atoms. The lowest BCUT2D eigenvalue weighted by Crippen LogP contribution is -2.33. The van der Waals surface area contributed by atoms with Gasteiger partial charge in [0.05, 0.1) is 18.4 Å². The minimum absolute atomic E-state index is 0.0302. The Bertz CT molecular complexity index is 318. The lowest BCUT2D eigenvalue weighted by molar-refractivity contribution is -0.152. The van der Waals surface area contributed by atoms with Gasteiger partial charge in [0.1, 0.15) is 0 Å². The second kappa shape index (κ2) is 3.12. The van der Waals surface area contributed by atoms with Crippen LogP contribution in [0.3, 0.4) is 0 Å². The zero-order chi connectivity index (χ0) is 10.3. The number of carboxylic acids is 1. The number of carbonyl (C=O) groups excluding carboxylic acids is 1. The van der Waals surface area contributed by atoms with Crippen molar-refractivity contribution >= 4 is 11.9 Å². The van der Waals surface area contributed by atoms with Crippen molar-refractivity contribution in [3.05, 3.63) is 11.6 Å². The normalized spacial score (nSPS) is 35.9. The summed E-state index contributed by atoms with van der Waals surface area (Å²) in [5.41, 5.74) is 1.04. The Balaban J connectivity index is 2.31. The summed E-state index contributed by atoms with van der Waals surface area (Å²) in [6.07, 6.45) is 2.43. The minimum Gasteiger partial charge on any atom is -0.481 e. The number of aliphatic carboxylic acids is 1. The van der Waals surface area contributed by atoms with Gasteiger partial charge in [-0.25, -0.2) is 0 Å². The van der Waals surface area contributed by atoms with E-state index in [4.69, 9.17) is 9.84 Å². The number of allylic oxidation sites excluding steroid dienone is 1. The highest BCUT2D eigenvalue weighted by Crippen LogP contribution is 2.38.